The normalized spacial score (nSPS) is 17.4. The number of hydrogen-bond acceptors (Lipinski definition) is 2. The Kier molecular flexibility index (Phi) is 5.61. The molecule has 1 aromatic rings. The second-order valence-electron chi connectivity index (χ2n) is 7.46. The van der Waals surface area contributed by atoms with Gasteiger partial charge in [0.2, 0.25) is 5.91 Å². The minimum Gasteiger partial charge on any atom is -0.341 e. The second-order valence-corrected chi connectivity index (χ2v) is 7.46. The molecule has 1 aromatic carbocycles. The number of carbonyl (C=O) groups excluding carboxylic acids is 2. The Morgan fingerprint density at radius 1 is 1.00 bits per heavy atom. The molecule has 1 fully saturated rings. The number of carbonyl (C=O) groups is 2. The SMILES string of the molecule is CC(C)NC(=O)N1CCCN(C(=O)Cc2ccc3c(c2)CCC3)CC1. The smallest absolute Gasteiger partial charge is 0.317 e. The van der Waals surface area contributed by atoms with Crippen LogP contribution >= 0.6 is 0 Å². The minimum atomic E-state index is -0.0251. The van der Waals surface area contributed by atoms with Crippen molar-refractivity contribution in [1.29, 1.82) is 0 Å². The van der Waals surface area contributed by atoms with Crippen LogP contribution in [0.1, 0.15) is 43.4 Å². The zero-order valence-electron chi connectivity index (χ0n) is 15.4. The van der Waals surface area contributed by atoms with Crippen molar-refractivity contribution in [3.63, 3.8) is 0 Å². The molecule has 1 N–H and O–H groups in total. The van der Waals surface area contributed by atoms with E-state index in [4.69, 9.17) is 0 Å². The topological polar surface area (TPSA) is 52.7 Å². The summed E-state index contributed by atoms with van der Waals surface area (Å²) in [4.78, 5) is 28.6. The van der Waals surface area contributed by atoms with E-state index in [-0.39, 0.29) is 18.0 Å². The highest BCUT2D eigenvalue weighted by Crippen LogP contribution is 2.23. The predicted molar refractivity (Wildman–Crippen MR) is 98.6 cm³/mol. The average molecular weight is 343 g/mol. The van der Waals surface area contributed by atoms with Crippen molar-refractivity contribution in [2.24, 2.45) is 0 Å². The van der Waals surface area contributed by atoms with Gasteiger partial charge in [-0.05, 0) is 56.2 Å². The van der Waals surface area contributed by atoms with E-state index in [1.807, 2.05) is 23.6 Å². The van der Waals surface area contributed by atoms with Gasteiger partial charge in [-0.3, -0.25) is 4.79 Å². The maximum absolute atomic E-state index is 12.7. The van der Waals surface area contributed by atoms with Gasteiger partial charge in [0.05, 0.1) is 6.42 Å². The summed E-state index contributed by atoms with van der Waals surface area (Å²) in [5, 5.41) is 2.93. The molecule has 5 heteroatoms. The van der Waals surface area contributed by atoms with Crippen LogP contribution in [0.25, 0.3) is 0 Å². The number of benzene rings is 1. The molecular weight excluding hydrogens is 314 g/mol. The van der Waals surface area contributed by atoms with Crippen LogP contribution in [0.4, 0.5) is 4.79 Å². The summed E-state index contributed by atoms with van der Waals surface area (Å²) in [5.41, 5.74) is 3.97. The highest BCUT2D eigenvalue weighted by atomic mass is 16.2. The Morgan fingerprint density at radius 3 is 2.52 bits per heavy atom. The van der Waals surface area contributed by atoms with Crippen LogP contribution < -0.4 is 5.32 Å². The molecule has 0 saturated carbocycles. The van der Waals surface area contributed by atoms with E-state index in [1.165, 1.54) is 24.0 Å². The van der Waals surface area contributed by atoms with Crippen LogP contribution in [0.2, 0.25) is 0 Å². The van der Waals surface area contributed by atoms with E-state index in [1.54, 1.807) is 0 Å². The van der Waals surface area contributed by atoms with Gasteiger partial charge in [-0.2, -0.15) is 0 Å². The zero-order chi connectivity index (χ0) is 17.8. The fourth-order valence-corrected chi connectivity index (χ4v) is 3.73. The Bertz CT molecular complexity index is 642. The molecule has 25 heavy (non-hydrogen) atoms. The summed E-state index contributed by atoms with van der Waals surface area (Å²) in [7, 11) is 0. The van der Waals surface area contributed by atoms with E-state index >= 15 is 0 Å². The van der Waals surface area contributed by atoms with Crippen LogP contribution in [0.3, 0.4) is 0 Å². The molecule has 5 nitrogen and oxygen atoms in total. The highest BCUT2D eigenvalue weighted by molar-refractivity contribution is 5.79. The van der Waals surface area contributed by atoms with Gasteiger partial charge < -0.3 is 15.1 Å². The third-order valence-corrected chi connectivity index (χ3v) is 5.07. The number of nitrogens with zero attached hydrogens (tertiary/aromatic N) is 2. The first-order valence-electron chi connectivity index (χ1n) is 9.47. The number of hydrogen-bond donors (Lipinski definition) is 1. The van der Waals surface area contributed by atoms with E-state index in [9.17, 15) is 9.59 Å². The first-order valence-corrected chi connectivity index (χ1v) is 9.47. The van der Waals surface area contributed by atoms with E-state index < -0.39 is 0 Å². The standard InChI is InChI=1S/C20H29N3O2/c1-15(2)21-20(25)23-10-4-9-22(11-12-23)19(24)14-16-7-8-17-5-3-6-18(17)13-16/h7-8,13,15H,3-6,9-12,14H2,1-2H3,(H,21,25). The number of aryl methyl sites for hydroxylation is 2. The van der Waals surface area contributed by atoms with Crippen LogP contribution in [0.15, 0.2) is 18.2 Å². The van der Waals surface area contributed by atoms with Crippen molar-refractivity contribution >= 4 is 11.9 Å². The van der Waals surface area contributed by atoms with Crippen molar-refractivity contribution < 1.29 is 9.59 Å². The van der Waals surface area contributed by atoms with Gasteiger partial charge in [0.1, 0.15) is 0 Å². The molecule has 0 aromatic heterocycles. The van der Waals surface area contributed by atoms with Crippen molar-refractivity contribution in [3.05, 3.63) is 34.9 Å². The Hall–Kier alpha value is -2.04. The Morgan fingerprint density at radius 2 is 1.72 bits per heavy atom. The van der Waals surface area contributed by atoms with Crippen LogP contribution in [0.5, 0.6) is 0 Å². The first kappa shape index (κ1) is 17.8. The maximum Gasteiger partial charge on any atom is 0.317 e. The molecule has 3 amide bonds. The van der Waals surface area contributed by atoms with Gasteiger partial charge in [-0.15, -0.1) is 0 Å². The summed E-state index contributed by atoms with van der Waals surface area (Å²) >= 11 is 0. The lowest BCUT2D eigenvalue weighted by molar-refractivity contribution is -0.130. The average Bonchev–Trinajstić information content (AvgIpc) is 2.88. The molecule has 0 unspecified atom stereocenters. The fourth-order valence-electron chi connectivity index (χ4n) is 3.73. The van der Waals surface area contributed by atoms with Gasteiger partial charge in [0.15, 0.2) is 0 Å². The zero-order valence-corrected chi connectivity index (χ0v) is 15.4. The molecule has 1 aliphatic carbocycles. The number of urea groups is 1. The van der Waals surface area contributed by atoms with Crippen LogP contribution in [0, 0.1) is 0 Å². The Labute approximate surface area is 150 Å². The molecule has 1 heterocycles. The summed E-state index contributed by atoms with van der Waals surface area (Å²) in [6.45, 7) is 6.59. The third-order valence-electron chi connectivity index (χ3n) is 5.07. The van der Waals surface area contributed by atoms with Gasteiger partial charge >= 0.3 is 6.03 Å². The molecule has 1 saturated heterocycles. The predicted octanol–water partition coefficient (Wildman–Crippen LogP) is 2.37. The maximum atomic E-state index is 12.7. The molecule has 2 aliphatic rings. The molecule has 0 spiro atoms. The van der Waals surface area contributed by atoms with Gasteiger partial charge in [-0.25, -0.2) is 4.79 Å². The van der Waals surface area contributed by atoms with Gasteiger partial charge in [0, 0.05) is 32.2 Å². The number of nitrogens with one attached hydrogen (secondary N) is 1. The lowest BCUT2D eigenvalue weighted by Crippen LogP contribution is -2.45. The molecule has 3 rings (SSSR count). The lowest BCUT2D eigenvalue weighted by Gasteiger charge is -2.23. The molecule has 0 radical (unpaired) electrons. The monoisotopic (exact) mass is 343 g/mol. The number of amides is 3. The van der Waals surface area contributed by atoms with Crippen LogP contribution in [-0.2, 0) is 24.1 Å². The molecule has 136 valence electrons. The molecule has 1 aliphatic heterocycles. The van der Waals surface area contributed by atoms with Crippen molar-refractivity contribution in [2.75, 3.05) is 26.2 Å². The van der Waals surface area contributed by atoms with Crippen molar-refractivity contribution in [3.8, 4) is 0 Å². The second kappa shape index (κ2) is 7.89. The Balaban J connectivity index is 1.55. The molecule has 0 atom stereocenters. The van der Waals surface area contributed by atoms with E-state index in [2.05, 4.69) is 23.5 Å². The van der Waals surface area contributed by atoms with Crippen molar-refractivity contribution in [2.45, 2.75) is 52.0 Å². The summed E-state index contributed by atoms with van der Waals surface area (Å²) < 4.78 is 0. The fraction of sp³-hybridized carbons (Fsp3) is 0.600. The summed E-state index contributed by atoms with van der Waals surface area (Å²) in [6.07, 6.45) is 4.84. The lowest BCUT2D eigenvalue weighted by atomic mass is 10.0. The van der Waals surface area contributed by atoms with Crippen molar-refractivity contribution in [1.82, 2.24) is 15.1 Å². The minimum absolute atomic E-state index is 0.0251. The van der Waals surface area contributed by atoms with Crippen LogP contribution in [-0.4, -0.2) is 54.0 Å². The third kappa shape index (κ3) is 4.53. The van der Waals surface area contributed by atoms with Gasteiger partial charge in [-0.1, -0.05) is 18.2 Å². The first-order chi connectivity index (χ1) is 12.0. The molecular formula is C20H29N3O2. The summed E-state index contributed by atoms with van der Waals surface area (Å²) in [5.74, 6) is 0.170. The largest absolute Gasteiger partial charge is 0.341 e. The molecule has 0 bridgehead atoms. The van der Waals surface area contributed by atoms with E-state index in [0.29, 0.717) is 26.1 Å². The number of fused-ring (bicyclic) bond motifs is 1. The summed E-state index contributed by atoms with van der Waals surface area (Å²) in [6, 6.07) is 6.60. The quantitative estimate of drug-likeness (QED) is 0.916. The van der Waals surface area contributed by atoms with E-state index in [0.717, 1.165) is 24.9 Å². The highest BCUT2D eigenvalue weighted by Gasteiger charge is 2.22. The van der Waals surface area contributed by atoms with Gasteiger partial charge in [0.25, 0.3) is 0 Å². The number of rotatable bonds is 3.